The quantitative estimate of drug-likeness (QED) is 0.753. The standard InChI is InChI=1S/C17H23N/c1-2-4-9-16(10-5-3-1)18-17-12-11-14-7-6-8-15(14)13-17/h4,9,11-13,16,18H,1-3,5-8,10H2/b9-4+. The molecule has 2 aliphatic rings. The van der Waals surface area contributed by atoms with Gasteiger partial charge in [0.2, 0.25) is 0 Å². The molecule has 0 heterocycles. The second kappa shape index (κ2) is 5.60. The highest BCUT2D eigenvalue weighted by molar-refractivity contribution is 5.51. The Morgan fingerprint density at radius 3 is 2.89 bits per heavy atom. The van der Waals surface area contributed by atoms with Crippen molar-refractivity contribution in [3.05, 3.63) is 41.5 Å². The van der Waals surface area contributed by atoms with E-state index in [-0.39, 0.29) is 0 Å². The first-order chi connectivity index (χ1) is 8.92. The molecule has 0 bridgehead atoms. The number of hydrogen-bond donors (Lipinski definition) is 1. The summed E-state index contributed by atoms with van der Waals surface area (Å²) in [6.07, 6.45) is 15.2. The lowest BCUT2D eigenvalue weighted by Crippen LogP contribution is -2.17. The van der Waals surface area contributed by atoms with Crippen LogP contribution in [0.4, 0.5) is 5.69 Å². The fraction of sp³-hybridized carbons (Fsp3) is 0.529. The largest absolute Gasteiger partial charge is 0.379 e. The van der Waals surface area contributed by atoms with Crippen LogP contribution in [0, 0.1) is 0 Å². The summed E-state index contributed by atoms with van der Waals surface area (Å²) in [5.74, 6) is 0. The number of allylic oxidation sites excluding steroid dienone is 1. The third-order valence-corrected chi connectivity index (χ3v) is 4.20. The minimum Gasteiger partial charge on any atom is -0.379 e. The lowest BCUT2D eigenvalue weighted by atomic mass is 10.0. The van der Waals surface area contributed by atoms with Crippen LogP contribution < -0.4 is 5.32 Å². The molecule has 0 saturated heterocycles. The van der Waals surface area contributed by atoms with E-state index in [2.05, 4.69) is 35.7 Å². The topological polar surface area (TPSA) is 12.0 Å². The van der Waals surface area contributed by atoms with Crippen molar-refractivity contribution in [3.8, 4) is 0 Å². The maximum atomic E-state index is 3.69. The molecule has 3 rings (SSSR count). The Morgan fingerprint density at radius 2 is 1.89 bits per heavy atom. The summed E-state index contributed by atoms with van der Waals surface area (Å²) in [4.78, 5) is 0. The SMILES string of the molecule is C1=C/C(Nc2ccc3c(c2)CCC3)CCCCC/1. The fourth-order valence-corrected chi connectivity index (χ4v) is 3.16. The summed E-state index contributed by atoms with van der Waals surface area (Å²) in [7, 11) is 0. The van der Waals surface area contributed by atoms with E-state index in [0.29, 0.717) is 6.04 Å². The maximum absolute atomic E-state index is 3.69. The number of rotatable bonds is 2. The predicted molar refractivity (Wildman–Crippen MR) is 78.1 cm³/mol. The van der Waals surface area contributed by atoms with E-state index in [1.807, 2.05) is 0 Å². The first-order valence-electron chi connectivity index (χ1n) is 7.47. The zero-order valence-electron chi connectivity index (χ0n) is 11.1. The number of hydrogen-bond acceptors (Lipinski definition) is 1. The predicted octanol–water partition coefficient (Wildman–Crippen LogP) is 4.48. The molecule has 0 radical (unpaired) electrons. The van der Waals surface area contributed by atoms with Gasteiger partial charge in [-0.05, 0) is 61.8 Å². The number of aryl methyl sites for hydroxylation is 2. The third kappa shape index (κ3) is 2.77. The number of nitrogens with one attached hydrogen (secondary N) is 1. The molecule has 0 amide bonds. The summed E-state index contributed by atoms with van der Waals surface area (Å²) in [5.41, 5.74) is 4.44. The van der Waals surface area contributed by atoms with Gasteiger partial charge >= 0.3 is 0 Å². The van der Waals surface area contributed by atoms with Gasteiger partial charge in [-0.2, -0.15) is 0 Å². The molecule has 1 nitrogen and oxygen atoms in total. The van der Waals surface area contributed by atoms with E-state index in [0.717, 1.165) is 0 Å². The van der Waals surface area contributed by atoms with Crippen molar-refractivity contribution in [3.63, 3.8) is 0 Å². The van der Waals surface area contributed by atoms with Gasteiger partial charge in [0.1, 0.15) is 0 Å². The third-order valence-electron chi connectivity index (χ3n) is 4.20. The average molecular weight is 241 g/mol. The van der Waals surface area contributed by atoms with Gasteiger partial charge < -0.3 is 5.32 Å². The van der Waals surface area contributed by atoms with Gasteiger partial charge in [-0.3, -0.25) is 0 Å². The van der Waals surface area contributed by atoms with Crippen LogP contribution in [0.25, 0.3) is 0 Å². The summed E-state index contributed by atoms with van der Waals surface area (Å²) >= 11 is 0. The lowest BCUT2D eigenvalue weighted by Gasteiger charge is -2.18. The normalized spacial score (nSPS) is 25.0. The molecule has 1 heteroatoms. The van der Waals surface area contributed by atoms with Crippen molar-refractivity contribution < 1.29 is 0 Å². The second-order valence-electron chi connectivity index (χ2n) is 5.65. The van der Waals surface area contributed by atoms with E-state index in [9.17, 15) is 0 Å². The molecule has 1 atom stereocenters. The first-order valence-corrected chi connectivity index (χ1v) is 7.47. The van der Waals surface area contributed by atoms with Gasteiger partial charge in [0, 0.05) is 11.7 Å². The van der Waals surface area contributed by atoms with Crippen LogP contribution in [0.15, 0.2) is 30.4 Å². The lowest BCUT2D eigenvalue weighted by molar-refractivity contribution is 0.610. The van der Waals surface area contributed by atoms with E-state index in [1.165, 1.54) is 57.1 Å². The molecular weight excluding hydrogens is 218 g/mol. The highest BCUT2D eigenvalue weighted by atomic mass is 14.9. The molecule has 96 valence electrons. The molecule has 18 heavy (non-hydrogen) atoms. The molecule has 0 fully saturated rings. The van der Waals surface area contributed by atoms with Crippen molar-refractivity contribution in [2.75, 3.05) is 5.32 Å². The summed E-state index contributed by atoms with van der Waals surface area (Å²) < 4.78 is 0. The van der Waals surface area contributed by atoms with Crippen LogP contribution >= 0.6 is 0 Å². The van der Waals surface area contributed by atoms with Crippen LogP contribution in [0.3, 0.4) is 0 Å². The van der Waals surface area contributed by atoms with Crippen LogP contribution in [0.1, 0.15) is 49.7 Å². The van der Waals surface area contributed by atoms with Crippen molar-refractivity contribution in [1.82, 2.24) is 0 Å². The van der Waals surface area contributed by atoms with Gasteiger partial charge in [-0.15, -0.1) is 0 Å². The van der Waals surface area contributed by atoms with Crippen LogP contribution in [-0.4, -0.2) is 6.04 Å². The molecule has 1 aromatic carbocycles. The number of fused-ring (bicyclic) bond motifs is 1. The Hall–Kier alpha value is -1.24. The van der Waals surface area contributed by atoms with Gasteiger partial charge in [0.25, 0.3) is 0 Å². The van der Waals surface area contributed by atoms with Crippen LogP contribution in [0.2, 0.25) is 0 Å². The highest BCUT2D eigenvalue weighted by Crippen LogP contribution is 2.26. The van der Waals surface area contributed by atoms with Crippen molar-refractivity contribution >= 4 is 5.69 Å². The molecule has 0 spiro atoms. The molecule has 2 aliphatic carbocycles. The Labute approximate surface area is 110 Å². The molecule has 1 aromatic rings. The van der Waals surface area contributed by atoms with Gasteiger partial charge in [0.05, 0.1) is 0 Å². The Bertz CT molecular complexity index is 433. The van der Waals surface area contributed by atoms with E-state index >= 15 is 0 Å². The zero-order valence-corrected chi connectivity index (χ0v) is 11.1. The summed E-state index contributed by atoms with van der Waals surface area (Å²) in [5, 5.41) is 3.69. The van der Waals surface area contributed by atoms with E-state index in [1.54, 1.807) is 11.1 Å². The van der Waals surface area contributed by atoms with Gasteiger partial charge in [-0.25, -0.2) is 0 Å². The Kier molecular flexibility index (Phi) is 3.68. The number of benzene rings is 1. The minimum absolute atomic E-state index is 0.532. The average Bonchev–Trinajstić information content (AvgIpc) is 2.79. The van der Waals surface area contributed by atoms with Gasteiger partial charge in [0.15, 0.2) is 0 Å². The minimum atomic E-state index is 0.532. The Morgan fingerprint density at radius 1 is 0.944 bits per heavy atom. The molecule has 0 saturated carbocycles. The van der Waals surface area contributed by atoms with Gasteiger partial charge in [-0.1, -0.05) is 31.1 Å². The fourth-order valence-electron chi connectivity index (χ4n) is 3.16. The van der Waals surface area contributed by atoms with E-state index < -0.39 is 0 Å². The molecule has 1 N–H and O–H groups in total. The Balaban J connectivity index is 1.69. The molecule has 0 aromatic heterocycles. The van der Waals surface area contributed by atoms with Crippen molar-refractivity contribution in [1.29, 1.82) is 0 Å². The van der Waals surface area contributed by atoms with Crippen LogP contribution in [0.5, 0.6) is 0 Å². The van der Waals surface area contributed by atoms with E-state index in [4.69, 9.17) is 0 Å². The van der Waals surface area contributed by atoms with Crippen LogP contribution in [-0.2, 0) is 12.8 Å². The first kappa shape index (κ1) is 11.8. The molecule has 0 aliphatic heterocycles. The summed E-state index contributed by atoms with van der Waals surface area (Å²) in [6, 6.07) is 7.48. The number of anilines is 1. The zero-order chi connectivity index (χ0) is 12.2. The highest BCUT2D eigenvalue weighted by Gasteiger charge is 2.12. The van der Waals surface area contributed by atoms with Crippen molar-refractivity contribution in [2.24, 2.45) is 0 Å². The monoisotopic (exact) mass is 241 g/mol. The maximum Gasteiger partial charge on any atom is 0.0444 e. The van der Waals surface area contributed by atoms with Crippen molar-refractivity contribution in [2.45, 2.75) is 57.4 Å². The summed E-state index contributed by atoms with van der Waals surface area (Å²) in [6.45, 7) is 0. The molecular formula is C17H23N. The smallest absolute Gasteiger partial charge is 0.0444 e. The second-order valence-corrected chi connectivity index (χ2v) is 5.65. The molecule has 1 unspecified atom stereocenters.